The lowest BCUT2D eigenvalue weighted by atomic mass is 9.95. The molecule has 0 bridgehead atoms. The lowest BCUT2D eigenvalue weighted by Gasteiger charge is -2.18. The van der Waals surface area contributed by atoms with Crippen molar-refractivity contribution in [2.24, 2.45) is 0 Å². The van der Waals surface area contributed by atoms with Gasteiger partial charge in [0, 0.05) is 23.6 Å². The number of nitrogens with zero attached hydrogens (tertiary/aromatic N) is 1. The summed E-state index contributed by atoms with van der Waals surface area (Å²) < 4.78 is 28.4. The van der Waals surface area contributed by atoms with Crippen LogP contribution in [0.1, 0.15) is 41.5 Å². The van der Waals surface area contributed by atoms with Gasteiger partial charge in [-0.25, -0.2) is 8.78 Å². The zero-order chi connectivity index (χ0) is 24.1. The number of rotatable bonds is 5. The van der Waals surface area contributed by atoms with Crippen LogP contribution in [-0.4, -0.2) is 16.2 Å². The van der Waals surface area contributed by atoms with Gasteiger partial charge in [0.15, 0.2) is 11.6 Å². The van der Waals surface area contributed by atoms with Gasteiger partial charge in [0.1, 0.15) is 6.04 Å². The normalized spacial score (nSPS) is 16.9. The highest BCUT2D eigenvalue weighted by molar-refractivity contribution is 7.99. The molecular weight excluding hydrogens is 466 g/mol. The Morgan fingerprint density at radius 3 is 2.57 bits per heavy atom. The number of nitrogens with one attached hydrogen (secondary N) is 1. The highest BCUT2D eigenvalue weighted by Crippen LogP contribution is 2.48. The van der Waals surface area contributed by atoms with Crippen molar-refractivity contribution in [2.75, 3.05) is 11.1 Å². The standard InChI is InChI=1S/C28H22F2N2O2S/c29-22-11-10-20(14-23(22)30)31-27(34)24-15-35-28-26(17-8-9-17)19(13-25(33)32(24)28)12-18-6-3-5-16-4-1-2-7-21(16)18/h1-7,10-11,13-14,17,24H,8-9,12,15H2,(H,31,34). The molecule has 176 valence electrons. The number of pyridine rings is 1. The SMILES string of the molecule is O=C(Nc1ccc(F)c(F)c1)C1CSc2c(C3CC3)c(Cc3cccc4ccccc34)cc(=O)n21. The van der Waals surface area contributed by atoms with Gasteiger partial charge in [-0.05, 0) is 64.8 Å². The van der Waals surface area contributed by atoms with E-state index in [1.165, 1.54) is 39.7 Å². The number of fused-ring (bicyclic) bond motifs is 2. The Kier molecular flexibility index (Phi) is 5.44. The molecule has 3 aromatic carbocycles. The summed E-state index contributed by atoms with van der Waals surface area (Å²) in [6, 6.07) is 18.7. The van der Waals surface area contributed by atoms with Crippen molar-refractivity contribution in [3.63, 3.8) is 0 Å². The van der Waals surface area contributed by atoms with Crippen molar-refractivity contribution in [2.45, 2.75) is 36.2 Å². The minimum absolute atomic E-state index is 0.162. The van der Waals surface area contributed by atoms with Gasteiger partial charge >= 0.3 is 0 Å². The van der Waals surface area contributed by atoms with Crippen LogP contribution in [0.4, 0.5) is 14.5 Å². The summed E-state index contributed by atoms with van der Waals surface area (Å²) in [5, 5.41) is 5.84. The quantitative estimate of drug-likeness (QED) is 0.373. The minimum Gasteiger partial charge on any atom is -0.324 e. The number of halogens is 2. The van der Waals surface area contributed by atoms with Crippen LogP contribution < -0.4 is 10.9 Å². The number of thioether (sulfide) groups is 1. The van der Waals surface area contributed by atoms with Crippen LogP contribution in [0.2, 0.25) is 0 Å². The Labute approximate surface area is 205 Å². The van der Waals surface area contributed by atoms with Crippen LogP contribution in [0.15, 0.2) is 76.6 Å². The fourth-order valence-corrected chi connectivity index (χ4v) is 6.36. The van der Waals surface area contributed by atoms with Crippen LogP contribution in [0.3, 0.4) is 0 Å². The molecule has 2 aliphatic rings. The topological polar surface area (TPSA) is 51.1 Å². The Hall–Kier alpha value is -3.45. The third kappa shape index (κ3) is 4.04. The second-order valence-corrected chi connectivity index (χ2v) is 10.1. The Morgan fingerprint density at radius 1 is 0.971 bits per heavy atom. The van der Waals surface area contributed by atoms with Gasteiger partial charge in [-0.15, -0.1) is 11.8 Å². The van der Waals surface area contributed by atoms with Crippen molar-refractivity contribution in [3.8, 4) is 0 Å². The fraction of sp³-hybridized carbons (Fsp3) is 0.214. The summed E-state index contributed by atoms with van der Waals surface area (Å²) in [6.07, 6.45) is 2.79. The van der Waals surface area contributed by atoms with E-state index in [-0.39, 0.29) is 11.2 Å². The summed E-state index contributed by atoms with van der Waals surface area (Å²) in [4.78, 5) is 26.4. The molecule has 1 atom stereocenters. The minimum atomic E-state index is -1.03. The number of carbonyl (C=O) groups excluding carboxylic acids is 1. The van der Waals surface area contributed by atoms with E-state index in [1.54, 1.807) is 10.6 Å². The molecule has 1 unspecified atom stereocenters. The average molecular weight is 489 g/mol. The molecule has 35 heavy (non-hydrogen) atoms. The maximum absolute atomic E-state index is 13.6. The van der Waals surface area contributed by atoms with E-state index >= 15 is 0 Å². The highest BCUT2D eigenvalue weighted by Gasteiger charge is 2.37. The molecular formula is C28H22F2N2O2S. The monoisotopic (exact) mass is 488 g/mol. The first-order valence-electron chi connectivity index (χ1n) is 11.6. The Bertz CT molecular complexity index is 1540. The molecule has 0 radical (unpaired) electrons. The predicted octanol–water partition coefficient (Wildman–Crippen LogP) is 6.03. The van der Waals surface area contributed by atoms with Gasteiger partial charge in [-0.3, -0.25) is 14.2 Å². The Morgan fingerprint density at radius 2 is 1.77 bits per heavy atom. The fourth-order valence-electron chi connectivity index (χ4n) is 4.94. The first-order chi connectivity index (χ1) is 17.0. The first kappa shape index (κ1) is 22.0. The lowest BCUT2D eigenvalue weighted by molar-refractivity contribution is -0.118. The highest BCUT2D eigenvalue weighted by atomic mass is 32.2. The number of benzene rings is 3. The van der Waals surface area contributed by atoms with E-state index < -0.39 is 23.6 Å². The van der Waals surface area contributed by atoms with E-state index in [0.717, 1.165) is 35.6 Å². The maximum atomic E-state index is 13.6. The molecule has 6 rings (SSSR count). The van der Waals surface area contributed by atoms with E-state index in [9.17, 15) is 18.4 Å². The predicted molar refractivity (Wildman–Crippen MR) is 134 cm³/mol. The molecule has 1 N–H and O–H groups in total. The Balaban J connectivity index is 1.36. The van der Waals surface area contributed by atoms with Crippen molar-refractivity contribution >= 4 is 34.1 Å². The number of hydrogen-bond donors (Lipinski definition) is 1. The second-order valence-electron chi connectivity index (χ2n) is 9.13. The lowest BCUT2D eigenvalue weighted by Crippen LogP contribution is -2.33. The number of aromatic nitrogens is 1. The largest absolute Gasteiger partial charge is 0.324 e. The summed E-state index contributed by atoms with van der Waals surface area (Å²) in [5.74, 6) is -1.61. The smallest absolute Gasteiger partial charge is 0.252 e. The van der Waals surface area contributed by atoms with Crippen molar-refractivity contribution in [1.29, 1.82) is 0 Å². The number of amides is 1. The van der Waals surface area contributed by atoms with Crippen LogP contribution in [0.5, 0.6) is 0 Å². The van der Waals surface area contributed by atoms with Crippen molar-refractivity contribution in [3.05, 3.63) is 105 Å². The third-order valence-electron chi connectivity index (χ3n) is 6.76. The molecule has 1 aliphatic carbocycles. The number of anilines is 1. The molecule has 4 aromatic rings. The molecule has 0 saturated heterocycles. The maximum Gasteiger partial charge on any atom is 0.252 e. The van der Waals surface area contributed by atoms with Crippen LogP contribution >= 0.6 is 11.8 Å². The van der Waals surface area contributed by atoms with Gasteiger partial charge in [-0.2, -0.15) is 0 Å². The second kappa shape index (κ2) is 8.64. The number of carbonyl (C=O) groups is 1. The molecule has 1 aromatic heterocycles. The molecule has 0 spiro atoms. The summed E-state index contributed by atoms with van der Waals surface area (Å²) in [6.45, 7) is 0. The first-order valence-corrected chi connectivity index (χ1v) is 12.6. The summed E-state index contributed by atoms with van der Waals surface area (Å²) >= 11 is 1.53. The molecule has 1 fully saturated rings. The van der Waals surface area contributed by atoms with Crippen molar-refractivity contribution in [1.82, 2.24) is 4.57 Å². The summed E-state index contributed by atoms with van der Waals surface area (Å²) in [5.41, 5.74) is 3.32. The van der Waals surface area contributed by atoms with Crippen molar-refractivity contribution < 1.29 is 13.6 Å². The summed E-state index contributed by atoms with van der Waals surface area (Å²) in [7, 11) is 0. The van der Waals surface area contributed by atoms with Crippen LogP contribution in [0, 0.1) is 11.6 Å². The molecule has 4 nitrogen and oxygen atoms in total. The van der Waals surface area contributed by atoms with Crippen LogP contribution in [-0.2, 0) is 11.2 Å². The van der Waals surface area contributed by atoms with E-state index in [0.29, 0.717) is 18.1 Å². The molecule has 7 heteroatoms. The van der Waals surface area contributed by atoms with E-state index in [4.69, 9.17) is 0 Å². The molecule has 1 amide bonds. The third-order valence-corrected chi connectivity index (χ3v) is 7.93. The molecule has 2 heterocycles. The van der Waals surface area contributed by atoms with Crippen LogP contribution in [0.25, 0.3) is 10.8 Å². The molecule has 1 saturated carbocycles. The zero-order valence-corrected chi connectivity index (χ0v) is 19.6. The molecule has 1 aliphatic heterocycles. The zero-order valence-electron chi connectivity index (χ0n) is 18.8. The average Bonchev–Trinajstić information content (AvgIpc) is 3.58. The van der Waals surface area contributed by atoms with E-state index in [2.05, 4.69) is 29.6 Å². The van der Waals surface area contributed by atoms with Gasteiger partial charge in [-0.1, -0.05) is 42.5 Å². The number of hydrogen-bond acceptors (Lipinski definition) is 3. The van der Waals surface area contributed by atoms with Gasteiger partial charge in [0.2, 0.25) is 5.91 Å². The van der Waals surface area contributed by atoms with Gasteiger partial charge < -0.3 is 5.32 Å². The van der Waals surface area contributed by atoms with E-state index in [1.807, 2.05) is 18.2 Å². The van der Waals surface area contributed by atoms with Gasteiger partial charge in [0.05, 0.1) is 5.03 Å². The van der Waals surface area contributed by atoms with Gasteiger partial charge in [0.25, 0.3) is 5.56 Å².